The van der Waals surface area contributed by atoms with Gasteiger partial charge in [-0.3, -0.25) is 24.2 Å². The average molecular weight is 820 g/mol. The number of Topliss-reactive ketones (excluding diaryl/α,β-unsaturated/α-hetero) is 2. The van der Waals surface area contributed by atoms with E-state index in [4.69, 9.17) is 9.47 Å². The third-order valence-corrected chi connectivity index (χ3v) is 13.3. The van der Waals surface area contributed by atoms with E-state index in [1.54, 1.807) is 36.9 Å². The molecule has 2 aromatic heterocycles. The molecule has 3 aliphatic heterocycles. The minimum Gasteiger partial charge on any atom is -0.496 e. The molecule has 1 atom stereocenters. The number of anilines is 1. The molecule has 12 heteroatoms. The molecule has 0 bridgehead atoms. The Balaban J connectivity index is 0.000000181. The number of aryl methyl sites for hydroxylation is 1. The zero-order valence-electron chi connectivity index (χ0n) is 36.5. The van der Waals surface area contributed by atoms with Gasteiger partial charge in [0.05, 0.1) is 31.2 Å². The van der Waals surface area contributed by atoms with Gasteiger partial charge in [0.2, 0.25) is 0 Å². The van der Waals surface area contributed by atoms with Crippen LogP contribution in [-0.2, 0) is 29.7 Å². The Morgan fingerprint density at radius 2 is 1.61 bits per heavy atom. The van der Waals surface area contributed by atoms with Gasteiger partial charge in [0, 0.05) is 93.3 Å². The molecular weight excluding hydrogens is 762 g/mol. The first-order valence-electron chi connectivity index (χ1n) is 21.6. The molecule has 1 unspecified atom stereocenters. The van der Waals surface area contributed by atoms with Crippen molar-refractivity contribution in [3.05, 3.63) is 102 Å². The molecule has 0 N–H and O–H groups in total. The number of ketones is 2. The summed E-state index contributed by atoms with van der Waals surface area (Å²) in [5, 5.41) is 1.56. The molecule has 5 heterocycles. The molecule has 2 aromatic carbocycles. The fourth-order valence-electron chi connectivity index (χ4n) is 9.60. The van der Waals surface area contributed by atoms with Crippen LogP contribution in [-0.4, -0.2) is 83.3 Å². The SMILES string of the molecule is [CH2-]C1CN(Cc2c(OC)cc(-c3cn(C)c(=O)c4cnc(C5CC5)cc34)cc2OC)C1.[CH2-]CCC1(C[CH2-])CN(c2ccc3c(c2)C(=O)N(C2CCC(=O)CCCC2=O)C3)C1.[Li+]. The molecule has 2 saturated heterocycles. The number of amides is 1. The van der Waals surface area contributed by atoms with Gasteiger partial charge in [0.1, 0.15) is 17.3 Å². The van der Waals surface area contributed by atoms with Gasteiger partial charge < -0.3 is 49.5 Å². The standard InChI is InChI=1S/C25H28N3O3.C24H30N2O3.Li/c1-15-11-28(12-15)14-21-23(30-3)7-17(8-24(21)31-4)20-13-27(2)25(29)19-10-26-22(9-18(19)20)16-5-6-16;1-3-12-24(4-2)15-25(16-24)18-9-8-17-14-26(23(29)20(17)13-18)21-11-10-19(27)6-5-7-22(21)28;/h7-10,13,15-16H,1,5-6,11-12,14H2,2-4H3;8-9,13,21H,1-7,10-12,14-16H2;/q-1;-2;+1. The Morgan fingerprint density at radius 3 is 2.25 bits per heavy atom. The monoisotopic (exact) mass is 819 g/mol. The number of aromatic nitrogens is 2. The van der Waals surface area contributed by atoms with Gasteiger partial charge in [-0.05, 0) is 91.0 Å². The molecule has 5 aliphatic rings. The number of methoxy groups -OCH3 is 2. The molecule has 11 nitrogen and oxygen atoms in total. The minimum atomic E-state index is -0.470. The van der Waals surface area contributed by atoms with Crippen LogP contribution in [0.15, 0.2) is 53.6 Å². The average Bonchev–Trinajstić information content (AvgIpc) is 4.03. The summed E-state index contributed by atoms with van der Waals surface area (Å²) in [5.74, 6) is 2.80. The van der Waals surface area contributed by atoms with Crippen LogP contribution < -0.4 is 38.8 Å². The van der Waals surface area contributed by atoms with Crippen molar-refractivity contribution >= 4 is 33.9 Å². The first-order valence-corrected chi connectivity index (χ1v) is 21.6. The number of carbonyl (C=O) groups excluding carboxylic acids is 3. The summed E-state index contributed by atoms with van der Waals surface area (Å²) >= 11 is 0. The zero-order valence-corrected chi connectivity index (χ0v) is 36.5. The maximum absolute atomic E-state index is 13.1. The van der Waals surface area contributed by atoms with E-state index >= 15 is 0 Å². The zero-order chi connectivity index (χ0) is 42.3. The van der Waals surface area contributed by atoms with Crippen molar-refractivity contribution in [2.24, 2.45) is 18.4 Å². The van der Waals surface area contributed by atoms with Crippen LogP contribution in [0.1, 0.15) is 97.3 Å². The predicted molar refractivity (Wildman–Crippen MR) is 234 cm³/mol. The Hall–Kier alpha value is -4.43. The number of ether oxygens (including phenoxy) is 2. The number of carbonyl (C=O) groups is 3. The molecule has 2 aliphatic carbocycles. The van der Waals surface area contributed by atoms with E-state index in [0.717, 1.165) is 103 Å². The van der Waals surface area contributed by atoms with E-state index in [9.17, 15) is 19.2 Å². The van der Waals surface area contributed by atoms with Crippen molar-refractivity contribution in [2.45, 2.75) is 89.3 Å². The number of pyridine rings is 2. The van der Waals surface area contributed by atoms with E-state index in [1.807, 2.05) is 18.3 Å². The van der Waals surface area contributed by atoms with Crippen LogP contribution >= 0.6 is 0 Å². The Morgan fingerprint density at radius 1 is 0.885 bits per heavy atom. The van der Waals surface area contributed by atoms with Gasteiger partial charge in [-0.2, -0.15) is 12.8 Å². The summed E-state index contributed by atoms with van der Waals surface area (Å²) in [6.07, 6.45) is 11.2. The van der Waals surface area contributed by atoms with E-state index in [1.165, 1.54) is 12.8 Å². The molecule has 0 radical (unpaired) electrons. The topological polar surface area (TPSA) is 114 Å². The summed E-state index contributed by atoms with van der Waals surface area (Å²) in [6, 6.07) is 11.8. The van der Waals surface area contributed by atoms with Crippen molar-refractivity contribution in [1.29, 1.82) is 0 Å². The summed E-state index contributed by atoms with van der Waals surface area (Å²) in [6.45, 7) is 17.3. The molecule has 0 spiro atoms. The van der Waals surface area contributed by atoms with E-state index < -0.39 is 6.04 Å². The third kappa shape index (κ3) is 9.07. The number of nitrogens with zero attached hydrogens (tertiary/aromatic N) is 5. The molecule has 61 heavy (non-hydrogen) atoms. The van der Waals surface area contributed by atoms with Gasteiger partial charge in [-0.1, -0.05) is 12.5 Å². The molecule has 1 amide bonds. The van der Waals surface area contributed by atoms with Crippen molar-refractivity contribution in [1.82, 2.24) is 19.4 Å². The quantitative estimate of drug-likeness (QED) is 0.159. The number of hydrogen-bond donors (Lipinski definition) is 0. The fraction of sp³-hybridized carbons (Fsp3) is 0.469. The van der Waals surface area contributed by atoms with Crippen LogP contribution in [0.2, 0.25) is 0 Å². The third-order valence-electron chi connectivity index (χ3n) is 13.3. The molecule has 4 aromatic rings. The molecular formula is C49H58LiN5O6-2. The molecule has 2 saturated carbocycles. The number of rotatable bonds is 11. The second-order valence-corrected chi connectivity index (χ2v) is 17.7. The van der Waals surface area contributed by atoms with Crippen LogP contribution in [0.5, 0.6) is 11.5 Å². The summed E-state index contributed by atoms with van der Waals surface area (Å²) in [5.41, 5.74) is 6.99. The minimum absolute atomic E-state index is 0. The largest absolute Gasteiger partial charge is 1.00 e. The van der Waals surface area contributed by atoms with E-state index in [-0.39, 0.29) is 47.3 Å². The second-order valence-electron chi connectivity index (χ2n) is 17.7. The van der Waals surface area contributed by atoms with Crippen molar-refractivity contribution < 1.29 is 42.7 Å². The molecule has 4 fully saturated rings. The second kappa shape index (κ2) is 18.5. The van der Waals surface area contributed by atoms with Crippen LogP contribution in [0.3, 0.4) is 0 Å². The van der Waals surface area contributed by atoms with Gasteiger partial charge in [0.25, 0.3) is 11.5 Å². The maximum atomic E-state index is 13.1. The number of benzene rings is 2. The van der Waals surface area contributed by atoms with Gasteiger partial charge in [-0.25, -0.2) is 0 Å². The van der Waals surface area contributed by atoms with E-state index in [2.05, 4.69) is 59.8 Å². The van der Waals surface area contributed by atoms with Gasteiger partial charge in [0.15, 0.2) is 5.78 Å². The Bertz CT molecular complexity index is 2340. The van der Waals surface area contributed by atoms with Crippen molar-refractivity contribution in [2.75, 3.05) is 45.3 Å². The first-order chi connectivity index (χ1) is 28.9. The van der Waals surface area contributed by atoms with Crippen molar-refractivity contribution in [3.63, 3.8) is 0 Å². The van der Waals surface area contributed by atoms with Crippen molar-refractivity contribution in [3.8, 4) is 22.6 Å². The summed E-state index contributed by atoms with van der Waals surface area (Å²) in [7, 11) is 5.16. The fourth-order valence-corrected chi connectivity index (χ4v) is 9.60. The normalized spacial score (nSPS) is 20.2. The number of fused-ring (bicyclic) bond motifs is 2. The van der Waals surface area contributed by atoms with Gasteiger partial charge >= 0.3 is 18.9 Å². The van der Waals surface area contributed by atoms with Crippen LogP contribution in [0.25, 0.3) is 21.9 Å². The van der Waals surface area contributed by atoms with E-state index in [0.29, 0.717) is 61.4 Å². The van der Waals surface area contributed by atoms with Crippen LogP contribution in [0.4, 0.5) is 5.69 Å². The molecule has 318 valence electrons. The first kappa shape index (κ1) is 44.6. The smallest absolute Gasteiger partial charge is 0.496 e. The summed E-state index contributed by atoms with van der Waals surface area (Å²) < 4.78 is 13.2. The van der Waals surface area contributed by atoms with Crippen LogP contribution in [0, 0.1) is 32.1 Å². The number of likely N-dealkylation sites (tertiary alicyclic amines) is 1. The van der Waals surface area contributed by atoms with Gasteiger partial charge in [-0.15, -0.1) is 5.92 Å². The molecule has 9 rings (SSSR count). The summed E-state index contributed by atoms with van der Waals surface area (Å²) in [4.78, 5) is 61.3. The predicted octanol–water partition coefficient (Wildman–Crippen LogP) is 4.52. The Kier molecular flexibility index (Phi) is 13.5. The number of hydrogen-bond acceptors (Lipinski definition) is 9. The maximum Gasteiger partial charge on any atom is 1.00 e. The Labute approximate surface area is 372 Å².